The molecule has 0 aromatic rings. The van der Waals surface area contributed by atoms with Gasteiger partial charge in [0.15, 0.2) is 0 Å². The molecule has 4 bridgehead atoms. The van der Waals surface area contributed by atoms with Crippen molar-refractivity contribution in [1.82, 2.24) is 0 Å². The van der Waals surface area contributed by atoms with E-state index in [1.54, 1.807) is 0 Å². The molecule has 4 saturated carbocycles. The van der Waals surface area contributed by atoms with Crippen molar-refractivity contribution < 1.29 is 9.90 Å². The SMILES string of the molecule is CCC1(C23CC(C(=O)O)C(C2)C2C4C=CC(C4)C23)CCCC1. The number of carbonyl (C=O) groups is 1. The van der Waals surface area contributed by atoms with E-state index >= 15 is 0 Å². The topological polar surface area (TPSA) is 37.3 Å². The van der Waals surface area contributed by atoms with Gasteiger partial charge in [0.05, 0.1) is 5.92 Å². The second kappa shape index (κ2) is 4.19. The monoisotopic (exact) mass is 300 g/mol. The lowest BCUT2D eigenvalue weighted by Gasteiger charge is -2.53. The van der Waals surface area contributed by atoms with Gasteiger partial charge in [-0.2, -0.15) is 0 Å². The Bertz CT molecular complexity index is 544. The number of carboxylic acids is 1. The molecular formula is C20H28O2. The lowest BCUT2D eigenvalue weighted by molar-refractivity contribution is -0.147. The molecule has 0 aromatic heterocycles. The van der Waals surface area contributed by atoms with E-state index in [9.17, 15) is 9.90 Å². The number of fused-ring (bicyclic) bond motifs is 9. The van der Waals surface area contributed by atoms with Crippen LogP contribution in [0.4, 0.5) is 0 Å². The van der Waals surface area contributed by atoms with E-state index < -0.39 is 5.97 Å². The van der Waals surface area contributed by atoms with E-state index in [0.29, 0.717) is 28.6 Å². The van der Waals surface area contributed by atoms with E-state index in [0.717, 1.165) is 18.3 Å². The van der Waals surface area contributed by atoms with Crippen molar-refractivity contribution in [3.8, 4) is 0 Å². The Kier molecular flexibility index (Phi) is 2.59. The molecule has 5 aliphatic carbocycles. The second-order valence-corrected chi connectivity index (χ2v) is 9.07. The molecule has 0 saturated heterocycles. The van der Waals surface area contributed by atoms with Crippen LogP contribution in [0.5, 0.6) is 0 Å². The molecule has 0 aliphatic heterocycles. The summed E-state index contributed by atoms with van der Waals surface area (Å²) in [7, 11) is 0. The van der Waals surface area contributed by atoms with Gasteiger partial charge in [0.1, 0.15) is 0 Å². The molecule has 120 valence electrons. The molecule has 2 nitrogen and oxygen atoms in total. The summed E-state index contributed by atoms with van der Waals surface area (Å²) >= 11 is 0. The lowest BCUT2D eigenvalue weighted by Crippen LogP contribution is -2.48. The molecule has 1 N–H and O–H groups in total. The Morgan fingerprint density at radius 2 is 1.91 bits per heavy atom. The zero-order chi connectivity index (χ0) is 15.1. The van der Waals surface area contributed by atoms with Crippen molar-refractivity contribution in [2.75, 3.05) is 0 Å². The quantitative estimate of drug-likeness (QED) is 0.615. The summed E-state index contributed by atoms with van der Waals surface area (Å²) in [6, 6.07) is 0. The van der Waals surface area contributed by atoms with Crippen LogP contribution in [0.25, 0.3) is 0 Å². The van der Waals surface area contributed by atoms with Gasteiger partial charge in [0, 0.05) is 0 Å². The molecule has 5 rings (SSSR count). The molecule has 7 unspecified atom stereocenters. The number of aliphatic carboxylic acids is 1. The van der Waals surface area contributed by atoms with Crippen LogP contribution in [0.2, 0.25) is 0 Å². The third-order valence-electron chi connectivity index (χ3n) is 8.96. The van der Waals surface area contributed by atoms with Gasteiger partial charge < -0.3 is 5.11 Å². The van der Waals surface area contributed by atoms with Crippen LogP contribution in [-0.4, -0.2) is 11.1 Å². The van der Waals surface area contributed by atoms with Gasteiger partial charge in [-0.3, -0.25) is 4.79 Å². The summed E-state index contributed by atoms with van der Waals surface area (Å²) in [6.07, 6.45) is 15.3. The molecular weight excluding hydrogens is 272 g/mol. The summed E-state index contributed by atoms with van der Waals surface area (Å²) in [6.45, 7) is 2.39. The van der Waals surface area contributed by atoms with Crippen molar-refractivity contribution in [3.63, 3.8) is 0 Å². The highest BCUT2D eigenvalue weighted by molar-refractivity contribution is 5.71. The highest BCUT2D eigenvalue weighted by atomic mass is 16.4. The first-order valence-corrected chi connectivity index (χ1v) is 9.53. The zero-order valence-electron chi connectivity index (χ0n) is 13.6. The van der Waals surface area contributed by atoms with E-state index in [2.05, 4.69) is 19.1 Å². The Balaban J connectivity index is 1.64. The Hall–Kier alpha value is -0.790. The summed E-state index contributed by atoms with van der Waals surface area (Å²) in [5.74, 6) is 2.94. The standard InChI is InChI=1S/C20H28O2/c1-2-19(7-3-4-8-19)20-10-14(15(11-20)18(21)22)16-12-5-6-13(9-12)17(16)20/h5-6,12-17H,2-4,7-11H2,1H3,(H,21,22). The van der Waals surface area contributed by atoms with Crippen molar-refractivity contribution in [2.24, 2.45) is 46.3 Å². The molecule has 0 radical (unpaired) electrons. The predicted molar refractivity (Wildman–Crippen MR) is 85.2 cm³/mol. The molecule has 7 atom stereocenters. The van der Waals surface area contributed by atoms with Gasteiger partial charge in [-0.15, -0.1) is 0 Å². The summed E-state index contributed by atoms with van der Waals surface area (Å²) in [5.41, 5.74) is 0.827. The Labute approximate surface area is 133 Å². The van der Waals surface area contributed by atoms with Gasteiger partial charge in [-0.05, 0) is 78.9 Å². The maximum absolute atomic E-state index is 11.9. The number of hydrogen-bond acceptors (Lipinski definition) is 1. The lowest BCUT2D eigenvalue weighted by atomic mass is 9.51. The minimum Gasteiger partial charge on any atom is -0.481 e. The van der Waals surface area contributed by atoms with Crippen LogP contribution in [0.15, 0.2) is 12.2 Å². The molecule has 0 amide bonds. The fourth-order valence-electron chi connectivity index (χ4n) is 8.40. The van der Waals surface area contributed by atoms with E-state index in [4.69, 9.17) is 0 Å². The molecule has 5 aliphatic rings. The first kappa shape index (κ1) is 13.6. The van der Waals surface area contributed by atoms with E-state index in [1.165, 1.54) is 44.9 Å². The molecule has 0 heterocycles. The van der Waals surface area contributed by atoms with Gasteiger partial charge in [0.25, 0.3) is 0 Å². The fraction of sp³-hybridized carbons (Fsp3) is 0.850. The number of allylic oxidation sites excluding steroid dienone is 2. The summed E-state index contributed by atoms with van der Waals surface area (Å²) < 4.78 is 0. The summed E-state index contributed by atoms with van der Waals surface area (Å²) in [4.78, 5) is 11.9. The maximum Gasteiger partial charge on any atom is 0.306 e. The average Bonchev–Trinajstić information content (AvgIpc) is 3.29. The molecule has 0 spiro atoms. The summed E-state index contributed by atoms with van der Waals surface area (Å²) in [5, 5.41) is 9.82. The third-order valence-corrected chi connectivity index (χ3v) is 8.96. The molecule has 22 heavy (non-hydrogen) atoms. The Morgan fingerprint density at radius 1 is 1.18 bits per heavy atom. The van der Waals surface area contributed by atoms with E-state index in [1.807, 2.05) is 0 Å². The highest BCUT2D eigenvalue weighted by Crippen LogP contribution is 2.79. The fourth-order valence-corrected chi connectivity index (χ4v) is 8.40. The number of hydrogen-bond donors (Lipinski definition) is 1. The molecule has 0 aromatic carbocycles. The van der Waals surface area contributed by atoms with Crippen molar-refractivity contribution in [3.05, 3.63) is 12.2 Å². The predicted octanol–water partition coefficient (Wildman–Crippen LogP) is 4.51. The first-order valence-electron chi connectivity index (χ1n) is 9.53. The normalized spacial score (nSPS) is 53.3. The van der Waals surface area contributed by atoms with Crippen LogP contribution < -0.4 is 0 Å². The van der Waals surface area contributed by atoms with Gasteiger partial charge in [0.2, 0.25) is 0 Å². The number of carboxylic acid groups (broad SMARTS) is 1. The van der Waals surface area contributed by atoms with Gasteiger partial charge in [-0.25, -0.2) is 0 Å². The largest absolute Gasteiger partial charge is 0.481 e. The average molecular weight is 300 g/mol. The first-order chi connectivity index (χ1) is 10.6. The van der Waals surface area contributed by atoms with Crippen LogP contribution in [0.3, 0.4) is 0 Å². The van der Waals surface area contributed by atoms with Gasteiger partial charge >= 0.3 is 5.97 Å². The minimum atomic E-state index is -0.499. The van der Waals surface area contributed by atoms with Crippen molar-refractivity contribution in [2.45, 2.75) is 58.3 Å². The van der Waals surface area contributed by atoms with Gasteiger partial charge in [-0.1, -0.05) is 31.9 Å². The number of rotatable bonds is 3. The van der Waals surface area contributed by atoms with Crippen molar-refractivity contribution in [1.29, 1.82) is 0 Å². The van der Waals surface area contributed by atoms with Crippen LogP contribution in [0.1, 0.15) is 58.3 Å². The third kappa shape index (κ3) is 1.33. The smallest absolute Gasteiger partial charge is 0.306 e. The van der Waals surface area contributed by atoms with Crippen molar-refractivity contribution >= 4 is 5.97 Å². The molecule has 2 heteroatoms. The van der Waals surface area contributed by atoms with E-state index in [-0.39, 0.29) is 5.92 Å². The van der Waals surface area contributed by atoms with Crippen LogP contribution in [-0.2, 0) is 4.79 Å². The zero-order valence-corrected chi connectivity index (χ0v) is 13.6. The second-order valence-electron chi connectivity index (χ2n) is 9.07. The molecule has 4 fully saturated rings. The Morgan fingerprint density at radius 3 is 2.59 bits per heavy atom. The minimum absolute atomic E-state index is 0.0435. The van der Waals surface area contributed by atoms with Crippen LogP contribution in [0, 0.1) is 46.3 Å². The highest BCUT2D eigenvalue weighted by Gasteiger charge is 2.73. The van der Waals surface area contributed by atoms with Crippen LogP contribution >= 0.6 is 0 Å². The maximum atomic E-state index is 11.9.